The molecule has 106 valence electrons. The molecule has 2 aromatic rings. The smallest absolute Gasteiger partial charge is 0.132 e. The van der Waals surface area contributed by atoms with E-state index in [1.165, 1.54) is 6.07 Å². The number of rotatable bonds is 2. The van der Waals surface area contributed by atoms with E-state index in [4.69, 9.17) is 5.73 Å². The van der Waals surface area contributed by atoms with Crippen molar-refractivity contribution in [3.8, 4) is 11.3 Å². The lowest BCUT2D eigenvalue weighted by atomic mass is 9.86. The number of nitrogens with zero attached hydrogens (tertiary/aromatic N) is 1. The van der Waals surface area contributed by atoms with Crippen LogP contribution in [-0.2, 0) is 0 Å². The molecule has 20 heavy (non-hydrogen) atoms. The van der Waals surface area contributed by atoms with Gasteiger partial charge in [-0.1, -0.05) is 12.1 Å². The summed E-state index contributed by atoms with van der Waals surface area (Å²) in [5, 5.41) is 0. The van der Waals surface area contributed by atoms with Crippen molar-refractivity contribution in [1.82, 2.24) is 9.97 Å². The summed E-state index contributed by atoms with van der Waals surface area (Å²) in [6, 6.07) is 7.12. The van der Waals surface area contributed by atoms with Gasteiger partial charge in [0.15, 0.2) is 0 Å². The van der Waals surface area contributed by atoms with E-state index in [-0.39, 0.29) is 5.82 Å². The van der Waals surface area contributed by atoms with Crippen LogP contribution in [0.1, 0.15) is 43.1 Å². The summed E-state index contributed by atoms with van der Waals surface area (Å²) in [5.41, 5.74) is 8.17. The molecule has 3 nitrogen and oxygen atoms in total. The third-order valence-corrected chi connectivity index (χ3v) is 4.19. The van der Waals surface area contributed by atoms with Gasteiger partial charge in [-0.05, 0) is 44.7 Å². The highest BCUT2D eigenvalue weighted by Gasteiger charge is 2.23. The summed E-state index contributed by atoms with van der Waals surface area (Å²) in [6.45, 7) is 1.95. The Balaban J connectivity index is 1.90. The van der Waals surface area contributed by atoms with E-state index >= 15 is 0 Å². The second kappa shape index (κ2) is 5.37. The first-order valence-electron chi connectivity index (χ1n) is 7.22. The van der Waals surface area contributed by atoms with Crippen molar-refractivity contribution in [2.75, 3.05) is 0 Å². The summed E-state index contributed by atoms with van der Waals surface area (Å²) >= 11 is 0. The second-order valence-corrected chi connectivity index (χ2v) is 5.69. The van der Waals surface area contributed by atoms with E-state index in [1.807, 2.05) is 13.0 Å². The van der Waals surface area contributed by atoms with Gasteiger partial charge in [-0.15, -0.1) is 0 Å². The minimum atomic E-state index is -0.223. The Morgan fingerprint density at radius 1 is 1.20 bits per heavy atom. The fourth-order valence-electron chi connectivity index (χ4n) is 2.99. The molecule has 0 unspecified atom stereocenters. The molecule has 1 heterocycles. The highest BCUT2D eigenvalue weighted by atomic mass is 19.1. The molecule has 0 saturated heterocycles. The number of H-pyrrole nitrogens is 1. The lowest BCUT2D eigenvalue weighted by molar-refractivity contribution is 0.386. The average Bonchev–Trinajstić information content (AvgIpc) is 2.82. The van der Waals surface area contributed by atoms with Crippen LogP contribution in [0, 0.1) is 12.7 Å². The number of benzene rings is 1. The van der Waals surface area contributed by atoms with Gasteiger partial charge in [0.05, 0.1) is 5.69 Å². The highest BCUT2D eigenvalue weighted by molar-refractivity contribution is 5.62. The van der Waals surface area contributed by atoms with Crippen LogP contribution >= 0.6 is 0 Å². The van der Waals surface area contributed by atoms with E-state index in [1.54, 1.807) is 12.1 Å². The van der Waals surface area contributed by atoms with Gasteiger partial charge in [-0.3, -0.25) is 0 Å². The molecule has 1 aliphatic rings. The quantitative estimate of drug-likeness (QED) is 0.879. The molecule has 0 amide bonds. The van der Waals surface area contributed by atoms with Crippen LogP contribution < -0.4 is 5.73 Å². The monoisotopic (exact) mass is 273 g/mol. The molecule has 3 N–H and O–H groups in total. The molecule has 1 aromatic carbocycles. The number of aryl methyl sites for hydroxylation is 1. The van der Waals surface area contributed by atoms with E-state index < -0.39 is 0 Å². The third kappa shape index (κ3) is 2.48. The van der Waals surface area contributed by atoms with Crippen LogP contribution in [0.3, 0.4) is 0 Å². The van der Waals surface area contributed by atoms with Crippen LogP contribution in [0.25, 0.3) is 11.3 Å². The van der Waals surface area contributed by atoms with Gasteiger partial charge in [0.1, 0.15) is 11.6 Å². The van der Waals surface area contributed by atoms with E-state index in [9.17, 15) is 4.39 Å². The van der Waals surface area contributed by atoms with Crippen molar-refractivity contribution >= 4 is 0 Å². The molecule has 0 bridgehead atoms. The molecule has 1 aromatic heterocycles. The fourth-order valence-corrected chi connectivity index (χ4v) is 2.99. The van der Waals surface area contributed by atoms with Crippen LogP contribution in [0.5, 0.6) is 0 Å². The number of halogens is 1. The lowest BCUT2D eigenvalue weighted by Crippen LogP contribution is -2.26. The highest BCUT2D eigenvalue weighted by Crippen LogP contribution is 2.33. The number of aromatic nitrogens is 2. The van der Waals surface area contributed by atoms with Crippen LogP contribution in [0.15, 0.2) is 24.3 Å². The van der Waals surface area contributed by atoms with Crippen molar-refractivity contribution in [3.63, 3.8) is 0 Å². The van der Waals surface area contributed by atoms with Gasteiger partial charge in [0, 0.05) is 23.2 Å². The van der Waals surface area contributed by atoms with E-state index in [0.29, 0.717) is 17.5 Å². The Kier molecular flexibility index (Phi) is 3.57. The summed E-state index contributed by atoms with van der Waals surface area (Å²) in [4.78, 5) is 7.99. The fraction of sp³-hybridized carbons (Fsp3) is 0.438. The third-order valence-electron chi connectivity index (χ3n) is 4.19. The summed E-state index contributed by atoms with van der Waals surface area (Å²) < 4.78 is 13.9. The molecule has 0 aliphatic heterocycles. The van der Waals surface area contributed by atoms with Crippen LogP contribution in [-0.4, -0.2) is 16.0 Å². The Morgan fingerprint density at radius 3 is 2.60 bits per heavy atom. The normalized spacial score (nSPS) is 22.9. The van der Waals surface area contributed by atoms with Crippen molar-refractivity contribution in [3.05, 3.63) is 41.6 Å². The van der Waals surface area contributed by atoms with Gasteiger partial charge in [-0.2, -0.15) is 0 Å². The molecule has 4 heteroatoms. The Hall–Kier alpha value is -1.68. The number of aromatic amines is 1. The minimum absolute atomic E-state index is 0.223. The number of imidazole rings is 1. The Morgan fingerprint density at radius 2 is 1.90 bits per heavy atom. The Bertz CT molecular complexity index is 598. The molecular weight excluding hydrogens is 253 g/mol. The zero-order chi connectivity index (χ0) is 14.1. The van der Waals surface area contributed by atoms with Crippen molar-refractivity contribution in [2.45, 2.75) is 44.6 Å². The zero-order valence-corrected chi connectivity index (χ0v) is 11.7. The average molecular weight is 273 g/mol. The van der Waals surface area contributed by atoms with Gasteiger partial charge in [-0.25, -0.2) is 9.37 Å². The minimum Gasteiger partial charge on any atom is -0.345 e. The predicted octanol–water partition coefficient (Wildman–Crippen LogP) is 3.51. The van der Waals surface area contributed by atoms with Gasteiger partial charge >= 0.3 is 0 Å². The molecule has 1 saturated carbocycles. The van der Waals surface area contributed by atoms with E-state index in [0.717, 1.165) is 42.9 Å². The zero-order valence-electron chi connectivity index (χ0n) is 11.7. The standard InChI is InChI=1S/C16H20FN3/c1-10-15(13-4-2-3-5-14(13)17)20-16(19-10)11-6-8-12(18)9-7-11/h2-5,11-12H,6-9,18H2,1H3,(H,19,20). The van der Waals surface area contributed by atoms with Crippen LogP contribution in [0.2, 0.25) is 0 Å². The summed E-state index contributed by atoms with van der Waals surface area (Å²) in [5.74, 6) is 1.18. The molecule has 0 radical (unpaired) electrons. The SMILES string of the molecule is Cc1[nH]c(C2CCC(N)CC2)nc1-c1ccccc1F. The summed E-state index contributed by atoms with van der Waals surface area (Å²) in [7, 11) is 0. The van der Waals surface area contributed by atoms with E-state index in [2.05, 4.69) is 9.97 Å². The lowest BCUT2D eigenvalue weighted by Gasteiger charge is -2.24. The molecule has 0 atom stereocenters. The summed E-state index contributed by atoms with van der Waals surface area (Å²) in [6.07, 6.45) is 4.20. The van der Waals surface area contributed by atoms with Gasteiger partial charge in [0.25, 0.3) is 0 Å². The van der Waals surface area contributed by atoms with Crippen molar-refractivity contribution in [1.29, 1.82) is 0 Å². The number of hydrogen-bond donors (Lipinski definition) is 2. The predicted molar refractivity (Wildman–Crippen MR) is 77.9 cm³/mol. The second-order valence-electron chi connectivity index (χ2n) is 5.69. The topological polar surface area (TPSA) is 54.7 Å². The molecule has 3 rings (SSSR count). The maximum Gasteiger partial charge on any atom is 0.132 e. The Labute approximate surface area is 118 Å². The van der Waals surface area contributed by atoms with Crippen molar-refractivity contribution < 1.29 is 4.39 Å². The van der Waals surface area contributed by atoms with Gasteiger partial charge < -0.3 is 10.7 Å². The largest absolute Gasteiger partial charge is 0.345 e. The first-order chi connectivity index (χ1) is 9.65. The first kappa shape index (κ1) is 13.3. The van der Waals surface area contributed by atoms with Gasteiger partial charge in [0.2, 0.25) is 0 Å². The number of hydrogen-bond acceptors (Lipinski definition) is 2. The van der Waals surface area contributed by atoms with Crippen LogP contribution in [0.4, 0.5) is 4.39 Å². The first-order valence-corrected chi connectivity index (χ1v) is 7.22. The maximum atomic E-state index is 13.9. The molecular formula is C16H20FN3. The molecule has 1 aliphatic carbocycles. The molecule has 1 fully saturated rings. The number of nitrogens with two attached hydrogens (primary N) is 1. The maximum absolute atomic E-state index is 13.9. The molecule has 0 spiro atoms. The number of nitrogens with one attached hydrogen (secondary N) is 1. The van der Waals surface area contributed by atoms with Crippen molar-refractivity contribution in [2.24, 2.45) is 5.73 Å².